The molecule has 0 saturated heterocycles. The van der Waals surface area contributed by atoms with Gasteiger partial charge in [0.25, 0.3) is 11.4 Å². The monoisotopic (exact) mass is 418 g/mol. The van der Waals surface area contributed by atoms with Crippen molar-refractivity contribution in [2.75, 3.05) is 0 Å². The standard InChI is InChI=1S/Ba.Cd.H2O3S.H2Se.2H/c;;1-4(2)3;;;/h;;(H2,1,2,3);1H2;;/q+2;;;;2*-1. The molecule has 2 N–H and O–H groups in total. The van der Waals surface area contributed by atoms with Crippen molar-refractivity contribution in [2.24, 2.45) is 0 Å². The number of hydrogen-bond acceptors (Lipinski definition) is 1. The molecule has 0 rings (SSSR count). The van der Waals surface area contributed by atoms with Crippen LogP contribution in [0.15, 0.2) is 0 Å². The molecule has 0 aliphatic rings. The van der Waals surface area contributed by atoms with E-state index >= 15 is 0 Å². The van der Waals surface area contributed by atoms with Crippen molar-refractivity contribution in [3.05, 3.63) is 0 Å². The summed E-state index contributed by atoms with van der Waals surface area (Å²) in [6.45, 7) is 0. The topological polar surface area (TPSA) is 57.5 Å². The molecule has 3 nitrogen and oxygen atoms in total. The zero-order chi connectivity index (χ0) is 3.58. The summed E-state index contributed by atoms with van der Waals surface area (Å²) in [5.74, 6) is 0. The summed E-state index contributed by atoms with van der Waals surface area (Å²) >= 11 is -2.61. The maximum atomic E-state index is 8.67. The fourth-order valence-electron chi connectivity index (χ4n) is 0. The van der Waals surface area contributed by atoms with Crippen LogP contribution < -0.4 is 0 Å². The van der Waals surface area contributed by atoms with Crippen molar-refractivity contribution in [1.82, 2.24) is 0 Å². The Hall–Kier alpha value is 3.08. The predicted octanol–water partition coefficient (Wildman–Crippen LogP) is -1.39. The van der Waals surface area contributed by atoms with Gasteiger partial charge in [-0.2, -0.15) is 4.21 Å². The summed E-state index contributed by atoms with van der Waals surface area (Å²) in [5, 5.41) is 0. The first-order valence-corrected chi connectivity index (χ1v) is 1.60. The Morgan fingerprint density at radius 1 is 1.43 bits per heavy atom. The minimum absolute atomic E-state index is 0. The zero-order valence-electron chi connectivity index (χ0n) is 5.63. The molecule has 7 heteroatoms. The van der Waals surface area contributed by atoms with Crippen LogP contribution in [0.5, 0.6) is 0 Å². The summed E-state index contributed by atoms with van der Waals surface area (Å²) < 4.78 is 22.8. The van der Waals surface area contributed by atoms with Gasteiger partial charge in [-0.1, -0.05) is 0 Å². The summed E-state index contributed by atoms with van der Waals surface area (Å²) in [6, 6.07) is 0. The maximum absolute atomic E-state index is 8.67. The Bertz CT molecular complexity index is 44.8. The number of hydrogen-bond donors (Lipinski definition) is 2. The van der Waals surface area contributed by atoms with Gasteiger partial charge in [-0.25, -0.2) is 0 Å². The fraction of sp³-hybridized carbons (Fsp3) is 0. The van der Waals surface area contributed by atoms with Gasteiger partial charge in [0.15, 0.2) is 0 Å². The van der Waals surface area contributed by atoms with Crippen LogP contribution in [0.4, 0.5) is 0 Å². The fourth-order valence-corrected chi connectivity index (χ4v) is 0. The summed E-state index contributed by atoms with van der Waals surface area (Å²) in [6.07, 6.45) is 0. The van der Waals surface area contributed by atoms with Crippen molar-refractivity contribution in [1.29, 1.82) is 0 Å². The van der Waals surface area contributed by atoms with Crippen molar-refractivity contribution in [3.63, 3.8) is 0 Å². The summed E-state index contributed by atoms with van der Waals surface area (Å²) in [5.41, 5.74) is 0. The second kappa shape index (κ2) is 16.0. The SMILES string of the molecule is O=S(O)O.[Ba+2].[Cd].[H-].[H-].[SeH2]. The number of rotatable bonds is 0. The zero-order valence-corrected chi connectivity index (χ0v) is 15.0. The van der Waals surface area contributed by atoms with Crippen molar-refractivity contribution in [3.8, 4) is 0 Å². The molecule has 0 aliphatic heterocycles. The van der Waals surface area contributed by atoms with E-state index in [1.54, 1.807) is 0 Å². The van der Waals surface area contributed by atoms with Gasteiger partial charge in [0, 0.05) is 27.3 Å². The Labute approximate surface area is 118 Å². The van der Waals surface area contributed by atoms with E-state index in [-0.39, 0.29) is 96.1 Å². The summed E-state index contributed by atoms with van der Waals surface area (Å²) in [4.78, 5) is 0. The van der Waals surface area contributed by atoms with Gasteiger partial charge in [-0.05, 0) is 0 Å². The van der Waals surface area contributed by atoms with Gasteiger partial charge in [-0.3, -0.25) is 9.11 Å². The van der Waals surface area contributed by atoms with E-state index in [4.69, 9.17) is 13.3 Å². The van der Waals surface area contributed by atoms with Gasteiger partial charge in [0.2, 0.25) is 0 Å². The third kappa shape index (κ3) is 47.9. The molecule has 0 spiro atoms. The van der Waals surface area contributed by atoms with Gasteiger partial charge in [-0.15, -0.1) is 0 Å². The Morgan fingerprint density at radius 2 is 1.43 bits per heavy atom. The van der Waals surface area contributed by atoms with E-state index in [0.29, 0.717) is 0 Å². The summed E-state index contributed by atoms with van der Waals surface area (Å²) in [7, 11) is 0. The molecule has 0 aliphatic carbocycles. The Kier molecular flexibility index (Phi) is 51.5. The van der Waals surface area contributed by atoms with E-state index in [1.165, 1.54) is 0 Å². The van der Waals surface area contributed by atoms with Gasteiger partial charge < -0.3 is 2.85 Å². The van der Waals surface area contributed by atoms with Gasteiger partial charge in [0.05, 0.1) is 0 Å². The molecule has 0 aromatic carbocycles. The van der Waals surface area contributed by atoms with Gasteiger partial charge >= 0.3 is 65.9 Å². The first-order chi connectivity index (χ1) is 1.73. The van der Waals surface area contributed by atoms with Gasteiger partial charge in [0.1, 0.15) is 0 Å². The van der Waals surface area contributed by atoms with Crippen molar-refractivity contribution < 1.29 is 43.5 Å². The Morgan fingerprint density at radius 3 is 1.43 bits per heavy atom. The molecule has 0 aromatic heterocycles. The van der Waals surface area contributed by atoms with E-state index in [1.807, 2.05) is 0 Å². The molecule has 0 fully saturated rings. The molecule has 0 radical (unpaired) electrons. The molecule has 0 aromatic rings. The molecule has 0 bridgehead atoms. The van der Waals surface area contributed by atoms with Crippen LogP contribution in [0.3, 0.4) is 0 Å². The third-order valence-electron chi connectivity index (χ3n) is 0. The average molecular weight is 415 g/mol. The second-order valence-electron chi connectivity index (χ2n) is 0.231. The van der Waals surface area contributed by atoms with Crippen LogP contribution in [0.2, 0.25) is 0 Å². The molecule has 0 atom stereocenters. The Balaban J connectivity index is -0.00000000450. The second-order valence-corrected chi connectivity index (χ2v) is 0.692. The van der Waals surface area contributed by atoms with Crippen molar-refractivity contribution >= 4 is 77.3 Å². The molecular weight excluding hydrogens is 409 g/mol. The van der Waals surface area contributed by atoms with E-state index < -0.39 is 11.4 Å². The normalized spacial score (nSPS) is 5.00. The molecule has 0 saturated carbocycles. The van der Waals surface area contributed by atoms with Crippen LogP contribution in [-0.2, 0) is 38.7 Å². The quantitative estimate of drug-likeness (QED) is 0.379. The first kappa shape index (κ1) is 22.5. The van der Waals surface area contributed by atoms with E-state index in [0.717, 1.165) is 0 Å². The minimum atomic E-state index is -2.61. The average Bonchev–Trinajstić information content (AvgIpc) is 0.811. The third-order valence-corrected chi connectivity index (χ3v) is 0. The molecule has 0 unspecified atom stereocenters. The molecular formula is H6BaCdO3SSe. The van der Waals surface area contributed by atoms with Crippen LogP contribution in [-0.4, -0.2) is 79.3 Å². The van der Waals surface area contributed by atoms with Crippen LogP contribution in [0.1, 0.15) is 2.85 Å². The molecule has 0 amide bonds. The van der Waals surface area contributed by atoms with Crippen molar-refractivity contribution in [2.45, 2.75) is 0 Å². The van der Waals surface area contributed by atoms with Crippen LogP contribution in [0, 0.1) is 0 Å². The van der Waals surface area contributed by atoms with E-state index in [9.17, 15) is 0 Å². The van der Waals surface area contributed by atoms with E-state index in [2.05, 4.69) is 0 Å². The molecule has 7 heavy (non-hydrogen) atoms. The predicted molar refractivity (Wildman–Crippen MR) is 29.9 cm³/mol. The molecule has 40 valence electrons. The first-order valence-electron chi connectivity index (χ1n) is 0.532. The molecule has 0 heterocycles. The van der Waals surface area contributed by atoms with Crippen LogP contribution in [0.25, 0.3) is 0 Å². The van der Waals surface area contributed by atoms with Crippen LogP contribution >= 0.6 is 0 Å².